The molecule has 2 N–H and O–H groups in total. The van der Waals surface area contributed by atoms with Crippen LogP contribution in [0.3, 0.4) is 0 Å². The third-order valence-corrected chi connectivity index (χ3v) is 7.85. The van der Waals surface area contributed by atoms with Crippen molar-refractivity contribution in [1.82, 2.24) is 5.32 Å². The highest BCUT2D eigenvalue weighted by Gasteiger charge is 2.68. The molecule has 2 aliphatic carbocycles. The number of nitrogens with one attached hydrogen (secondary N) is 2. The predicted molar refractivity (Wildman–Crippen MR) is 113 cm³/mol. The van der Waals surface area contributed by atoms with Gasteiger partial charge in [0, 0.05) is 31.7 Å². The van der Waals surface area contributed by atoms with Crippen molar-refractivity contribution in [3.8, 4) is 0 Å². The van der Waals surface area contributed by atoms with Crippen molar-refractivity contribution >= 4 is 17.5 Å². The number of hydrogen-bond acceptors (Lipinski definition) is 3. The van der Waals surface area contributed by atoms with Crippen LogP contribution in [0.5, 0.6) is 0 Å². The number of hydrogen-bond donors (Lipinski definition) is 2. The Bertz CT molecular complexity index is 788. The van der Waals surface area contributed by atoms with E-state index >= 15 is 0 Å². The van der Waals surface area contributed by atoms with Crippen LogP contribution < -0.4 is 10.6 Å². The average molecular weight is 399 g/mol. The minimum absolute atomic E-state index is 0.0572. The molecule has 5 heteroatoms. The van der Waals surface area contributed by atoms with Gasteiger partial charge in [0.05, 0.1) is 6.10 Å². The van der Waals surface area contributed by atoms with Crippen LogP contribution in [0.2, 0.25) is 0 Å². The molecule has 2 bridgehead atoms. The van der Waals surface area contributed by atoms with E-state index in [1.807, 2.05) is 12.1 Å². The SMILES string of the molecule is CCCC(=O)N[C@H]1C(C)(C)[C@@H]2C[C@@H]3[C@@H](c4ccc(NC(C)=O)cc4)OCC[C@@]31C2. The Hall–Kier alpha value is -1.88. The Kier molecular flexibility index (Phi) is 5.22. The molecule has 4 rings (SSSR count). The van der Waals surface area contributed by atoms with Crippen molar-refractivity contribution in [2.24, 2.45) is 22.7 Å². The van der Waals surface area contributed by atoms with E-state index in [9.17, 15) is 9.59 Å². The van der Waals surface area contributed by atoms with E-state index in [1.165, 1.54) is 18.9 Å². The zero-order chi connectivity index (χ0) is 20.8. The van der Waals surface area contributed by atoms with Crippen LogP contribution in [0.25, 0.3) is 0 Å². The lowest BCUT2D eigenvalue weighted by Gasteiger charge is -2.53. The summed E-state index contributed by atoms with van der Waals surface area (Å²) in [4.78, 5) is 23.8. The molecule has 1 spiro atoms. The summed E-state index contributed by atoms with van der Waals surface area (Å²) in [6.07, 6.45) is 4.90. The molecule has 5 nitrogen and oxygen atoms in total. The lowest BCUT2D eigenvalue weighted by Crippen LogP contribution is -2.58. The number of anilines is 1. The van der Waals surface area contributed by atoms with E-state index in [0.29, 0.717) is 18.3 Å². The monoisotopic (exact) mass is 398 g/mol. The van der Waals surface area contributed by atoms with Crippen LogP contribution in [-0.4, -0.2) is 24.5 Å². The Balaban J connectivity index is 1.60. The smallest absolute Gasteiger partial charge is 0.221 e. The van der Waals surface area contributed by atoms with Gasteiger partial charge in [-0.05, 0) is 66.0 Å². The molecule has 1 saturated heterocycles. The molecule has 1 aliphatic heterocycles. The second-order valence-electron chi connectivity index (χ2n) is 9.89. The van der Waals surface area contributed by atoms with Crippen LogP contribution in [-0.2, 0) is 14.3 Å². The maximum atomic E-state index is 12.5. The van der Waals surface area contributed by atoms with Gasteiger partial charge in [-0.3, -0.25) is 9.59 Å². The third kappa shape index (κ3) is 3.37. The first-order chi connectivity index (χ1) is 13.8. The molecule has 2 saturated carbocycles. The van der Waals surface area contributed by atoms with Gasteiger partial charge in [0.15, 0.2) is 0 Å². The standard InChI is InChI=1S/C24H34N2O3/c1-5-6-20(28)26-22-23(3,4)17-13-19-21(29-12-11-24(19,22)14-17)16-7-9-18(10-8-16)25-15(2)27/h7-10,17,19,21-22H,5-6,11-14H2,1-4H3,(H,25,27)(H,26,28)/t17-,19-,21-,22+,24-/m1/s1. The lowest BCUT2D eigenvalue weighted by atomic mass is 9.59. The summed E-state index contributed by atoms with van der Waals surface area (Å²) in [7, 11) is 0. The first-order valence-electron chi connectivity index (χ1n) is 11.1. The summed E-state index contributed by atoms with van der Waals surface area (Å²) in [5, 5.41) is 6.28. The average Bonchev–Trinajstić information content (AvgIpc) is 3.15. The molecular weight excluding hydrogens is 364 g/mol. The lowest BCUT2D eigenvalue weighted by molar-refractivity contribution is -0.137. The molecule has 2 amide bonds. The number of carbonyl (C=O) groups is 2. The molecule has 1 aromatic carbocycles. The number of benzene rings is 1. The third-order valence-electron chi connectivity index (χ3n) is 7.85. The number of amides is 2. The van der Waals surface area contributed by atoms with E-state index in [1.54, 1.807) is 0 Å². The van der Waals surface area contributed by atoms with Crippen LogP contribution in [0, 0.1) is 22.7 Å². The second-order valence-corrected chi connectivity index (χ2v) is 9.89. The van der Waals surface area contributed by atoms with E-state index in [0.717, 1.165) is 31.6 Å². The summed E-state index contributed by atoms with van der Waals surface area (Å²) in [6.45, 7) is 8.99. The molecule has 29 heavy (non-hydrogen) atoms. The zero-order valence-corrected chi connectivity index (χ0v) is 18.1. The molecule has 158 valence electrons. The highest BCUT2D eigenvalue weighted by Crippen LogP contribution is 2.70. The van der Waals surface area contributed by atoms with E-state index in [2.05, 4.69) is 43.5 Å². The van der Waals surface area contributed by atoms with E-state index < -0.39 is 0 Å². The molecule has 0 radical (unpaired) electrons. The molecule has 3 aliphatic rings. The van der Waals surface area contributed by atoms with Gasteiger partial charge in [-0.2, -0.15) is 0 Å². The second kappa shape index (κ2) is 7.42. The van der Waals surface area contributed by atoms with Crippen molar-refractivity contribution in [1.29, 1.82) is 0 Å². The van der Waals surface area contributed by atoms with Gasteiger partial charge in [0.2, 0.25) is 11.8 Å². The normalized spacial score (nSPS) is 34.5. The fourth-order valence-electron chi connectivity index (χ4n) is 6.54. The van der Waals surface area contributed by atoms with Crippen molar-refractivity contribution in [2.45, 2.75) is 71.9 Å². The van der Waals surface area contributed by atoms with Gasteiger partial charge in [0.25, 0.3) is 0 Å². The Morgan fingerprint density at radius 2 is 1.93 bits per heavy atom. The van der Waals surface area contributed by atoms with Crippen LogP contribution >= 0.6 is 0 Å². The minimum atomic E-state index is -0.0633. The van der Waals surface area contributed by atoms with Crippen molar-refractivity contribution in [3.05, 3.63) is 29.8 Å². The number of ether oxygens (including phenoxy) is 1. The molecule has 1 aromatic rings. The van der Waals surface area contributed by atoms with E-state index in [-0.39, 0.29) is 34.8 Å². The highest BCUT2D eigenvalue weighted by atomic mass is 16.5. The summed E-state index contributed by atoms with van der Waals surface area (Å²) in [5.74, 6) is 1.16. The van der Waals surface area contributed by atoms with Gasteiger partial charge in [-0.25, -0.2) is 0 Å². The maximum Gasteiger partial charge on any atom is 0.221 e. The van der Waals surface area contributed by atoms with Crippen LogP contribution in [0.15, 0.2) is 24.3 Å². The van der Waals surface area contributed by atoms with Gasteiger partial charge >= 0.3 is 0 Å². The first-order valence-corrected chi connectivity index (χ1v) is 11.1. The van der Waals surface area contributed by atoms with Crippen LogP contribution in [0.4, 0.5) is 5.69 Å². The predicted octanol–water partition coefficient (Wildman–Crippen LogP) is 4.44. The zero-order valence-electron chi connectivity index (χ0n) is 18.1. The molecular formula is C24H34N2O3. The van der Waals surface area contributed by atoms with Gasteiger partial charge < -0.3 is 15.4 Å². The van der Waals surface area contributed by atoms with Crippen LogP contribution in [0.1, 0.15) is 71.5 Å². The molecule has 3 fully saturated rings. The number of fused-ring (bicyclic) bond motifs is 1. The Labute approximate surface area is 174 Å². The Morgan fingerprint density at radius 3 is 2.59 bits per heavy atom. The summed E-state index contributed by atoms with van der Waals surface area (Å²) < 4.78 is 6.32. The largest absolute Gasteiger partial charge is 0.373 e. The number of rotatable bonds is 5. The molecule has 0 unspecified atom stereocenters. The quantitative estimate of drug-likeness (QED) is 0.770. The first kappa shape index (κ1) is 20.4. The Morgan fingerprint density at radius 1 is 1.21 bits per heavy atom. The highest BCUT2D eigenvalue weighted by molar-refractivity contribution is 5.88. The molecule has 5 atom stereocenters. The maximum absolute atomic E-state index is 12.5. The fraction of sp³-hybridized carbons (Fsp3) is 0.667. The molecule has 0 aromatic heterocycles. The van der Waals surface area contributed by atoms with Gasteiger partial charge in [-0.1, -0.05) is 32.9 Å². The van der Waals surface area contributed by atoms with Gasteiger partial charge in [0.1, 0.15) is 0 Å². The number of carbonyl (C=O) groups excluding carboxylic acids is 2. The summed E-state index contributed by atoms with van der Waals surface area (Å²) in [5.41, 5.74) is 2.23. The van der Waals surface area contributed by atoms with Crippen molar-refractivity contribution in [2.75, 3.05) is 11.9 Å². The minimum Gasteiger partial charge on any atom is -0.373 e. The van der Waals surface area contributed by atoms with Gasteiger partial charge in [-0.15, -0.1) is 0 Å². The van der Waals surface area contributed by atoms with Crippen molar-refractivity contribution < 1.29 is 14.3 Å². The van der Waals surface area contributed by atoms with E-state index in [4.69, 9.17) is 4.74 Å². The van der Waals surface area contributed by atoms with Crippen molar-refractivity contribution in [3.63, 3.8) is 0 Å². The summed E-state index contributed by atoms with van der Waals surface area (Å²) in [6, 6.07) is 8.29. The topological polar surface area (TPSA) is 67.4 Å². The molecule has 1 heterocycles. The summed E-state index contributed by atoms with van der Waals surface area (Å²) >= 11 is 0. The fourth-order valence-corrected chi connectivity index (χ4v) is 6.54.